The van der Waals surface area contributed by atoms with Gasteiger partial charge in [-0.3, -0.25) is 14.9 Å². The van der Waals surface area contributed by atoms with E-state index in [-0.39, 0.29) is 11.6 Å². The fourth-order valence-electron chi connectivity index (χ4n) is 2.04. The van der Waals surface area contributed by atoms with Gasteiger partial charge < -0.3 is 10.1 Å². The van der Waals surface area contributed by atoms with Crippen molar-refractivity contribution in [2.45, 2.75) is 12.8 Å². The third-order valence-corrected chi connectivity index (χ3v) is 3.15. The molecule has 1 aromatic rings. The molecule has 0 radical (unpaired) electrons. The van der Waals surface area contributed by atoms with Crippen LogP contribution in [0.4, 0.5) is 5.69 Å². The van der Waals surface area contributed by atoms with E-state index < -0.39 is 4.92 Å². The molecule has 1 fully saturated rings. The summed E-state index contributed by atoms with van der Waals surface area (Å²) in [4.78, 5) is 21.9. The molecule has 6 nitrogen and oxygen atoms in total. The third kappa shape index (κ3) is 3.75. The van der Waals surface area contributed by atoms with E-state index >= 15 is 0 Å². The van der Waals surface area contributed by atoms with Crippen LogP contribution in [0.15, 0.2) is 24.3 Å². The Balaban J connectivity index is 1.86. The predicted molar refractivity (Wildman–Crippen MR) is 69.0 cm³/mol. The summed E-state index contributed by atoms with van der Waals surface area (Å²) in [5.74, 6) is 0.149. The van der Waals surface area contributed by atoms with Gasteiger partial charge in [0.1, 0.15) is 0 Å². The van der Waals surface area contributed by atoms with E-state index in [1.807, 2.05) is 0 Å². The van der Waals surface area contributed by atoms with Crippen LogP contribution in [0.2, 0.25) is 0 Å². The minimum absolute atomic E-state index is 0.0165. The van der Waals surface area contributed by atoms with Gasteiger partial charge in [-0.1, -0.05) is 0 Å². The van der Waals surface area contributed by atoms with Crippen molar-refractivity contribution in [3.8, 4) is 0 Å². The molecular weight excluding hydrogens is 248 g/mol. The molecule has 2 rings (SSSR count). The maximum Gasteiger partial charge on any atom is 0.269 e. The van der Waals surface area contributed by atoms with E-state index in [2.05, 4.69) is 5.32 Å². The van der Waals surface area contributed by atoms with Gasteiger partial charge in [0, 0.05) is 30.8 Å². The molecule has 0 aliphatic carbocycles. The second kappa shape index (κ2) is 6.29. The van der Waals surface area contributed by atoms with Gasteiger partial charge in [-0.15, -0.1) is 0 Å². The summed E-state index contributed by atoms with van der Waals surface area (Å²) in [7, 11) is 0. The number of hydrogen-bond donors (Lipinski definition) is 1. The molecule has 1 heterocycles. The first-order valence-corrected chi connectivity index (χ1v) is 6.27. The molecule has 102 valence electrons. The van der Waals surface area contributed by atoms with Gasteiger partial charge in [-0.25, -0.2) is 0 Å². The Kier molecular flexibility index (Phi) is 4.46. The average Bonchev–Trinajstić information content (AvgIpc) is 2.46. The summed E-state index contributed by atoms with van der Waals surface area (Å²) in [6, 6.07) is 5.59. The van der Waals surface area contributed by atoms with Crippen LogP contribution in [0.3, 0.4) is 0 Å². The van der Waals surface area contributed by atoms with E-state index in [0.717, 1.165) is 19.4 Å². The van der Waals surface area contributed by atoms with E-state index in [0.29, 0.717) is 24.6 Å². The molecule has 0 spiro atoms. The first kappa shape index (κ1) is 13.5. The van der Waals surface area contributed by atoms with E-state index in [1.54, 1.807) is 0 Å². The molecular formula is C13H16N2O4. The zero-order chi connectivity index (χ0) is 13.7. The van der Waals surface area contributed by atoms with Crippen LogP contribution >= 0.6 is 0 Å². The molecule has 1 aliphatic rings. The van der Waals surface area contributed by atoms with Crippen molar-refractivity contribution in [2.75, 3.05) is 19.8 Å². The van der Waals surface area contributed by atoms with Crippen molar-refractivity contribution in [3.05, 3.63) is 39.9 Å². The van der Waals surface area contributed by atoms with Crippen molar-refractivity contribution in [1.29, 1.82) is 0 Å². The highest BCUT2D eigenvalue weighted by molar-refractivity contribution is 5.94. The molecule has 1 N–H and O–H groups in total. The molecule has 6 heteroatoms. The molecule has 1 amide bonds. The number of ether oxygens (including phenoxy) is 1. The van der Waals surface area contributed by atoms with Gasteiger partial charge in [-0.2, -0.15) is 0 Å². The number of benzene rings is 1. The summed E-state index contributed by atoms with van der Waals surface area (Å²) in [6.07, 6.45) is 2.08. The number of carbonyl (C=O) groups is 1. The third-order valence-electron chi connectivity index (χ3n) is 3.15. The zero-order valence-corrected chi connectivity index (χ0v) is 10.5. The van der Waals surface area contributed by atoms with Crippen LogP contribution in [-0.2, 0) is 4.74 Å². The number of non-ortho nitro benzene ring substituents is 1. The van der Waals surface area contributed by atoms with Gasteiger partial charge in [-0.05, 0) is 30.9 Å². The van der Waals surface area contributed by atoms with Crippen LogP contribution in [0.5, 0.6) is 0 Å². The molecule has 0 bridgehead atoms. The number of nitrogens with zero attached hydrogens (tertiary/aromatic N) is 1. The van der Waals surface area contributed by atoms with Crippen molar-refractivity contribution in [1.82, 2.24) is 5.32 Å². The highest BCUT2D eigenvalue weighted by Crippen LogP contribution is 2.14. The minimum Gasteiger partial charge on any atom is -0.381 e. The van der Waals surface area contributed by atoms with E-state index in [4.69, 9.17) is 4.74 Å². The highest BCUT2D eigenvalue weighted by Gasteiger charge is 2.15. The van der Waals surface area contributed by atoms with Crippen LogP contribution in [0, 0.1) is 16.0 Å². The van der Waals surface area contributed by atoms with Crippen molar-refractivity contribution < 1.29 is 14.5 Å². The Bertz CT molecular complexity index is 452. The standard InChI is InChI=1S/C13H16N2O4/c16-13(14-8-10-2-1-7-19-9-10)11-3-5-12(6-4-11)15(17)18/h3-6,10H,1-2,7-9H2,(H,14,16)/t10-/m0/s1. The topological polar surface area (TPSA) is 81.5 Å². The first-order chi connectivity index (χ1) is 9.16. The molecule has 1 saturated heterocycles. The average molecular weight is 264 g/mol. The second-order valence-corrected chi connectivity index (χ2v) is 4.60. The normalized spacial score (nSPS) is 18.8. The number of hydrogen-bond acceptors (Lipinski definition) is 4. The largest absolute Gasteiger partial charge is 0.381 e. The summed E-state index contributed by atoms with van der Waals surface area (Å²) >= 11 is 0. The Morgan fingerprint density at radius 1 is 1.42 bits per heavy atom. The molecule has 1 aromatic carbocycles. The minimum atomic E-state index is -0.485. The monoisotopic (exact) mass is 264 g/mol. The van der Waals surface area contributed by atoms with Gasteiger partial charge >= 0.3 is 0 Å². The first-order valence-electron chi connectivity index (χ1n) is 6.27. The van der Waals surface area contributed by atoms with Gasteiger partial charge in [0.05, 0.1) is 11.5 Å². The number of nitrogens with one attached hydrogen (secondary N) is 1. The predicted octanol–water partition coefficient (Wildman–Crippen LogP) is 1.75. The molecule has 1 aliphatic heterocycles. The van der Waals surface area contributed by atoms with Crippen molar-refractivity contribution >= 4 is 11.6 Å². The molecule has 0 unspecified atom stereocenters. The van der Waals surface area contributed by atoms with Crippen molar-refractivity contribution in [2.24, 2.45) is 5.92 Å². The van der Waals surface area contributed by atoms with E-state index in [1.165, 1.54) is 24.3 Å². The SMILES string of the molecule is O=C(NC[C@@H]1CCCOC1)c1ccc([N+](=O)[O-])cc1. The number of amides is 1. The quantitative estimate of drug-likeness (QED) is 0.663. The highest BCUT2D eigenvalue weighted by atomic mass is 16.6. The second-order valence-electron chi connectivity index (χ2n) is 4.60. The Hall–Kier alpha value is -1.95. The van der Waals surface area contributed by atoms with Crippen LogP contribution in [0.25, 0.3) is 0 Å². The zero-order valence-electron chi connectivity index (χ0n) is 10.5. The number of nitro benzene ring substituents is 1. The number of nitro groups is 1. The number of rotatable bonds is 4. The summed E-state index contributed by atoms with van der Waals surface area (Å²) in [5, 5.41) is 13.3. The van der Waals surface area contributed by atoms with Gasteiger partial charge in [0.25, 0.3) is 11.6 Å². The molecule has 1 atom stereocenters. The Labute approximate surface area is 110 Å². The molecule has 19 heavy (non-hydrogen) atoms. The Morgan fingerprint density at radius 2 is 2.16 bits per heavy atom. The maximum atomic E-state index is 11.8. The lowest BCUT2D eigenvalue weighted by atomic mass is 10.0. The van der Waals surface area contributed by atoms with Gasteiger partial charge in [0.15, 0.2) is 0 Å². The fourth-order valence-corrected chi connectivity index (χ4v) is 2.04. The van der Waals surface area contributed by atoms with Crippen LogP contribution in [-0.4, -0.2) is 30.6 Å². The summed E-state index contributed by atoms with van der Waals surface area (Å²) in [6.45, 7) is 2.06. The Morgan fingerprint density at radius 3 is 2.74 bits per heavy atom. The van der Waals surface area contributed by atoms with Gasteiger partial charge in [0.2, 0.25) is 0 Å². The summed E-state index contributed by atoms with van der Waals surface area (Å²) in [5.41, 5.74) is 0.416. The molecule has 0 aromatic heterocycles. The lowest BCUT2D eigenvalue weighted by molar-refractivity contribution is -0.384. The fraction of sp³-hybridized carbons (Fsp3) is 0.462. The number of carbonyl (C=O) groups excluding carboxylic acids is 1. The maximum absolute atomic E-state index is 11.8. The lowest BCUT2D eigenvalue weighted by Crippen LogP contribution is -2.33. The molecule has 0 saturated carbocycles. The van der Waals surface area contributed by atoms with E-state index in [9.17, 15) is 14.9 Å². The smallest absolute Gasteiger partial charge is 0.269 e. The van der Waals surface area contributed by atoms with Crippen LogP contribution in [0.1, 0.15) is 23.2 Å². The summed E-state index contributed by atoms with van der Waals surface area (Å²) < 4.78 is 5.34. The van der Waals surface area contributed by atoms with Crippen molar-refractivity contribution in [3.63, 3.8) is 0 Å². The lowest BCUT2D eigenvalue weighted by Gasteiger charge is -2.22. The van der Waals surface area contributed by atoms with Crippen LogP contribution < -0.4 is 5.32 Å².